The van der Waals surface area contributed by atoms with Crippen molar-refractivity contribution in [2.45, 2.75) is 13.0 Å². The number of ether oxygens (including phenoxy) is 1. The van der Waals surface area contributed by atoms with Gasteiger partial charge in [-0.2, -0.15) is 11.3 Å². The van der Waals surface area contributed by atoms with Crippen LogP contribution in [0, 0.1) is 5.92 Å². The van der Waals surface area contributed by atoms with Crippen LogP contribution in [-0.2, 0) is 16.1 Å². The highest BCUT2D eigenvalue weighted by Gasteiger charge is 2.22. The van der Waals surface area contributed by atoms with E-state index in [0.29, 0.717) is 13.2 Å². The van der Waals surface area contributed by atoms with Crippen molar-refractivity contribution in [2.24, 2.45) is 5.92 Å². The fourth-order valence-electron chi connectivity index (χ4n) is 1.47. The van der Waals surface area contributed by atoms with Crippen molar-refractivity contribution >= 4 is 17.2 Å². The number of hydrogen-bond acceptors (Lipinski definition) is 3. The van der Waals surface area contributed by atoms with E-state index in [0.717, 1.165) is 13.0 Å². The highest BCUT2D eigenvalue weighted by molar-refractivity contribution is 7.07. The molecule has 1 aromatic rings. The van der Waals surface area contributed by atoms with Crippen LogP contribution in [0.3, 0.4) is 0 Å². The Labute approximate surface area is 87.1 Å². The first-order valence-electron chi connectivity index (χ1n) is 4.73. The Hall–Kier alpha value is -0.870. The number of nitrogens with one attached hydrogen (secondary N) is 1. The van der Waals surface area contributed by atoms with Crippen molar-refractivity contribution in [3.63, 3.8) is 0 Å². The van der Waals surface area contributed by atoms with Crippen LogP contribution < -0.4 is 5.32 Å². The third-order valence-electron chi connectivity index (χ3n) is 2.35. The summed E-state index contributed by atoms with van der Waals surface area (Å²) in [6.45, 7) is 1.94. The molecule has 0 bridgehead atoms. The molecule has 1 aliphatic heterocycles. The summed E-state index contributed by atoms with van der Waals surface area (Å²) in [6.07, 6.45) is 0.857. The predicted octanol–water partition coefficient (Wildman–Crippen LogP) is 1.40. The molecule has 0 aromatic carbocycles. The molecule has 1 N–H and O–H groups in total. The van der Waals surface area contributed by atoms with Gasteiger partial charge in [-0.3, -0.25) is 4.79 Å². The Balaban J connectivity index is 1.77. The number of carbonyl (C=O) groups excluding carboxylic acids is 1. The fourth-order valence-corrected chi connectivity index (χ4v) is 2.14. The van der Waals surface area contributed by atoms with Crippen LogP contribution >= 0.6 is 11.3 Å². The van der Waals surface area contributed by atoms with E-state index in [1.54, 1.807) is 11.3 Å². The van der Waals surface area contributed by atoms with Crippen LogP contribution in [0.1, 0.15) is 12.0 Å². The molecule has 0 spiro atoms. The third-order valence-corrected chi connectivity index (χ3v) is 3.08. The number of thiophene rings is 1. The van der Waals surface area contributed by atoms with Crippen LogP contribution in [0.15, 0.2) is 16.8 Å². The summed E-state index contributed by atoms with van der Waals surface area (Å²) < 4.78 is 5.16. The Morgan fingerprint density at radius 2 is 2.64 bits per heavy atom. The molecule has 4 heteroatoms. The molecule has 0 saturated carbocycles. The van der Waals surface area contributed by atoms with Gasteiger partial charge >= 0.3 is 0 Å². The SMILES string of the molecule is O=C(NCc1ccsc1)C1CCOC1. The molecule has 2 rings (SSSR count). The maximum atomic E-state index is 11.6. The summed E-state index contributed by atoms with van der Waals surface area (Å²) in [5.41, 5.74) is 1.17. The zero-order valence-corrected chi connectivity index (χ0v) is 8.68. The summed E-state index contributed by atoms with van der Waals surface area (Å²) in [4.78, 5) is 11.6. The van der Waals surface area contributed by atoms with Crippen molar-refractivity contribution in [3.8, 4) is 0 Å². The molecule has 0 aliphatic carbocycles. The number of carbonyl (C=O) groups is 1. The van der Waals surface area contributed by atoms with Crippen molar-refractivity contribution in [2.75, 3.05) is 13.2 Å². The van der Waals surface area contributed by atoms with Gasteiger partial charge in [0.1, 0.15) is 0 Å². The van der Waals surface area contributed by atoms with Crippen LogP contribution in [0.25, 0.3) is 0 Å². The molecule has 0 radical (unpaired) electrons. The Bertz CT molecular complexity index is 291. The molecule has 1 atom stereocenters. The van der Waals surface area contributed by atoms with E-state index in [2.05, 4.69) is 5.32 Å². The van der Waals surface area contributed by atoms with E-state index in [1.165, 1.54) is 5.56 Å². The van der Waals surface area contributed by atoms with E-state index >= 15 is 0 Å². The van der Waals surface area contributed by atoms with Gasteiger partial charge in [-0.05, 0) is 28.8 Å². The lowest BCUT2D eigenvalue weighted by Crippen LogP contribution is -2.30. The second kappa shape index (κ2) is 4.57. The van der Waals surface area contributed by atoms with Crippen molar-refractivity contribution < 1.29 is 9.53 Å². The Morgan fingerprint density at radius 3 is 3.29 bits per heavy atom. The normalized spacial score (nSPS) is 21.0. The third kappa shape index (κ3) is 2.33. The average Bonchev–Trinajstić information content (AvgIpc) is 2.87. The number of amides is 1. The molecule has 1 amide bonds. The summed E-state index contributed by atoms with van der Waals surface area (Å²) in [7, 11) is 0. The molecule has 1 fully saturated rings. The minimum atomic E-state index is 0.0636. The first-order valence-corrected chi connectivity index (χ1v) is 5.67. The maximum Gasteiger partial charge on any atom is 0.225 e. The summed E-state index contributed by atoms with van der Waals surface area (Å²) in [6, 6.07) is 2.02. The Kier molecular flexibility index (Phi) is 3.16. The molecular weight excluding hydrogens is 198 g/mol. The van der Waals surface area contributed by atoms with Gasteiger partial charge in [0, 0.05) is 13.2 Å². The van der Waals surface area contributed by atoms with Gasteiger partial charge in [-0.25, -0.2) is 0 Å². The highest BCUT2D eigenvalue weighted by atomic mass is 32.1. The predicted molar refractivity (Wildman–Crippen MR) is 55.1 cm³/mol. The van der Waals surface area contributed by atoms with Crippen LogP contribution in [0.2, 0.25) is 0 Å². The molecule has 76 valence electrons. The van der Waals surface area contributed by atoms with Crippen molar-refractivity contribution in [3.05, 3.63) is 22.4 Å². The largest absolute Gasteiger partial charge is 0.381 e. The minimum absolute atomic E-state index is 0.0636. The standard InChI is InChI=1S/C10H13NO2S/c12-10(9-1-3-13-6-9)11-5-8-2-4-14-7-8/h2,4,7,9H,1,3,5-6H2,(H,11,12). The van der Waals surface area contributed by atoms with Gasteiger partial charge < -0.3 is 10.1 Å². The summed E-state index contributed by atoms with van der Waals surface area (Å²) >= 11 is 1.65. The summed E-state index contributed by atoms with van der Waals surface area (Å²) in [5, 5.41) is 6.98. The molecule has 14 heavy (non-hydrogen) atoms. The fraction of sp³-hybridized carbons (Fsp3) is 0.500. The lowest BCUT2D eigenvalue weighted by atomic mass is 10.1. The van der Waals surface area contributed by atoms with Crippen LogP contribution in [0.5, 0.6) is 0 Å². The zero-order valence-electron chi connectivity index (χ0n) is 7.86. The van der Waals surface area contributed by atoms with E-state index in [9.17, 15) is 4.79 Å². The van der Waals surface area contributed by atoms with Gasteiger partial charge in [-0.15, -0.1) is 0 Å². The van der Waals surface area contributed by atoms with E-state index in [1.807, 2.05) is 16.8 Å². The van der Waals surface area contributed by atoms with Gasteiger partial charge in [0.25, 0.3) is 0 Å². The quantitative estimate of drug-likeness (QED) is 0.820. The van der Waals surface area contributed by atoms with Gasteiger partial charge in [0.15, 0.2) is 0 Å². The molecule has 1 unspecified atom stereocenters. The highest BCUT2D eigenvalue weighted by Crippen LogP contribution is 2.12. The first kappa shape index (κ1) is 9.68. The van der Waals surface area contributed by atoms with Gasteiger partial charge in [-0.1, -0.05) is 0 Å². The van der Waals surface area contributed by atoms with Crippen LogP contribution in [-0.4, -0.2) is 19.1 Å². The lowest BCUT2D eigenvalue weighted by Gasteiger charge is -2.07. The topological polar surface area (TPSA) is 38.3 Å². The second-order valence-electron chi connectivity index (χ2n) is 3.41. The molecule has 3 nitrogen and oxygen atoms in total. The second-order valence-corrected chi connectivity index (χ2v) is 4.19. The maximum absolute atomic E-state index is 11.6. The summed E-state index contributed by atoms with van der Waals surface area (Å²) in [5.74, 6) is 0.183. The molecular formula is C10H13NO2S. The smallest absolute Gasteiger partial charge is 0.225 e. The molecule has 1 aromatic heterocycles. The zero-order chi connectivity index (χ0) is 9.80. The van der Waals surface area contributed by atoms with E-state index < -0.39 is 0 Å². The number of hydrogen-bond donors (Lipinski definition) is 1. The van der Waals surface area contributed by atoms with Gasteiger partial charge in [0.05, 0.1) is 12.5 Å². The van der Waals surface area contributed by atoms with E-state index in [4.69, 9.17) is 4.74 Å². The lowest BCUT2D eigenvalue weighted by molar-refractivity contribution is -0.125. The van der Waals surface area contributed by atoms with Crippen LogP contribution in [0.4, 0.5) is 0 Å². The average molecular weight is 211 g/mol. The first-order chi connectivity index (χ1) is 6.86. The molecule has 2 heterocycles. The number of rotatable bonds is 3. The molecule has 1 saturated heterocycles. The Morgan fingerprint density at radius 1 is 1.71 bits per heavy atom. The van der Waals surface area contributed by atoms with Crippen molar-refractivity contribution in [1.82, 2.24) is 5.32 Å². The monoisotopic (exact) mass is 211 g/mol. The van der Waals surface area contributed by atoms with Gasteiger partial charge in [0.2, 0.25) is 5.91 Å². The minimum Gasteiger partial charge on any atom is -0.381 e. The van der Waals surface area contributed by atoms with Crippen molar-refractivity contribution in [1.29, 1.82) is 0 Å². The molecule has 1 aliphatic rings. The van der Waals surface area contributed by atoms with E-state index in [-0.39, 0.29) is 11.8 Å².